The van der Waals surface area contributed by atoms with E-state index in [-0.39, 0.29) is 6.04 Å². The van der Waals surface area contributed by atoms with E-state index in [2.05, 4.69) is 59.8 Å². The Labute approximate surface area is 131 Å². The lowest BCUT2D eigenvalue weighted by Gasteiger charge is -2.35. The van der Waals surface area contributed by atoms with E-state index in [0.29, 0.717) is 12.1 Å². The molecule has 1 saturated carbocycles. The Bertz CT molecular complexity index is 573. The molecule has 2 N–H and O–H groups in total. The molecule has 1 fully saturated rings. The largest absolute Gasteiger partial charge is 0.326 e. The molecule has 112 valence electrons. The Morgan fingerprint density at radius 2 is 2.05 bits per heavy atom. The molecule has 1 aliphatic rings. The van der Waals surface area contributed by atoms with Crippen LogP contribution in [0.1, 0.15) is 42.5 Å². The van der Waals surface area contributed by atoms with Crippen LogP contribution in [0.4, 0.5) is 0 Å². The van der Waals surface area contributed by atoms with E-state index in [1.54, 1.807) is 11.3 Å². The molecule has 2 atom stereocenters. The fourth-order valence-electron chi connectivity index (χ4n) is 3.14. The highest BCUT2D eigenvalue weighted by atomic mass is 32.1. The molecule has 1 aliphatic carbocycles. The van der Waals surface area contributed by atoms with Crippen molar-refractivity contribution in [2.75, 3.05) is 0 Å². The van der Waals surface area contributed by atoms with Crippen LogP contribution in [-0.2, 0) is 6.54 Å². The molecule has 0 saturated heterocycles. The summed E-state index contributed by atoms with van der Waals surface area (Å²) in [5, 5.41) is 4.42. The van der Waals surface area contributed by atoms with Gasteiger partial charge in [-0.05, 0) is 60.2 Å². The van der Waals surface area contributed by atoms with Gasteiger partial charge in [0.1, 0.15) is 0 Å². The number of benzene rings is 1. The van der Waals surface area contributed by atoms with Crippen molar-refractivity contribution >= 4 is 11.3 Å². The fraction of sp³-hybridized carbons (Fsp3) is 0.444. The summed E-state index contributed by atoms with van der Waals surface area (Å²) >= 11 is 1.77. The second kappa shape index (κ2) is 6.30. The quantitative estimate of drug-likeness (QED) is 0.870. The van der Waals surface area contributed by atoms with Crippen LogP contribution in [0.3, 0.4) is 0 Å². The maximum Gasteiger partial charge on any atom is 0.0505 e. The maximum absolute atomic E-state index is 6.39. The topological polar surface area (TPSA) is 29.3 Å². The number of aryl methyl sites for hydroxylation is 1. The van der Waals surface area contributed by atoms with Gasteiger partial charge in [0, 0.05) is 18.6 Å². The molecule has 2 nitrogen and oxygen atoms in total. The number of hydrogen-bond acceptors (Lipinski definition) is 3. The van der Waals surface area contributed by atoms with E-state index in [4.69, 9.17) is 5.73 Å². The second-order valence-corrected chi connectivity index (χ2v) is 6.98. The number of rotatable bonds is 6. The Morgan fingerprint density at radius 3 is 2.62 bits per heavy atom. The van der Waals surface area contributed by atoms with Gasteiger partial charge in [0.2, 0.25) is 0 Å². The molecular weight excluding hydrogens is 276 g/mol. The van der Waals surface area contributed by atoms with Crippen molar-refractivity contribution in [3.8, 4) is 0 Å². The number of thiophene rings is 1. The highest BCUT2D eigenvalue weighted by Gasteiger charge is 2.36. The molecular formula is C18H24N2S. The van der Waals surface area contributed by atoms with Gasteiger partial charge in [-0.3, -0.25) is 4.90 Å². The minimum Gasteiger partial charge on any atom is -0.326 e. The average Bonchev–Trinajstić information content (AvgIpc) is 3.17. The van der Waals surface area contributed by atoms with E-state index in [0.717, 1.165) is 6.54 Å². The molecule has 3 heteroatoms. The molecule has 1 aromatic heterocycles. The Hall–Kier alpha value is -1.16. The van der Waals surface area contributed by atoms with Gasteiger partial charge in [0.15, 0.2) is 0 Å². The molecule has 0 amide bonds. The average molecular weight is 300 g/mol. The normalized spacial score (nSPS) is 17.9. The van der Waals surface area contributed by atoms with Gasteiger partial charge in [-0.25, -0.2) is 0 Å². The van der Waals surface area contributed by atoms with Crippen LogP contribution in [0, 0.1) is 6.92 Å². The molecule has 2 unspecified atom stereocenters. The second-order valence-electron chi connectivity index (χ2n) is 6.20. The standard InChI is InChI=1S/C18H24N2S/c1-13-5-3-4-6-17(13)18(14(2)19)20(16-7-8-16)11-15-9-10-21-12-15/h3-6,9-10,12,14,16,18H,7-8,11,19H2,1-2H3. The van der Waals surface area contributed by atoms with Gasteiger partial charge >= 0.3 is 0 Å². The van der Waals surface area contributed by atoms with Crippen molar-refractivity contribution in [1.29, 1.82) is 0 Å². The predicted molar refractivity (Wildman–Crippen MR) is 90.5 cm³/mol. The van der Waals surface area contributed by atoms with Crippen LogP contribution < -0.4 is 5.73 Å². The number of nitrogens with zero attached hydrogens (tertiary/aromatic N) is 1. The first-order valence-electron chi connectivity index (χ1n) is 7.74. The summed E-state index contributed by atoms with van der Waals surface area (Å²) < 4.78 is 0. The van der Waals surface area contributed by atoms with Crippen molar-refractivity contribution < 1.29 is 0 Å². The van der Waals surface area contributed by atoms with Gasteiger partial charge in [0.05, 0.1) is 6.04 Å². The summed E-state index contributed by atoms with van der Waals surface area (Å²) in [6, 6.07) is 12.0. The SMILES string of the molecule is Cc1ccccc1C(C(C)N)N(Cc1ccsc1)C1CC1. The molecule has 0 radical (unpaired) electrons. The van der Waals surface area contributed by atoms with E-state index in [1.807, 2.05) is 0 Å². The van der Waals surface area contributed by atoms with Gasteiger partial charge in [0.25, 0.3) is 0 Å². The molecule has 0 aliphatic heterocycles. The molecule has 1 aromatic carbocycles. The van der Waals surface area contributed by atoms with E-state index in [9.17, 15) is 0 Å². The summed E-state index contributed by atoms with van der Waals surface area (Å²) in [7, 11) is 0. The highest BCUT2D eigenvalue weighted by molar-refractivity contribution is 7.07. The van der Waals surface area contributed by atoms with Crippen molar-refractivity contribution in [2.24, 2.45) is 5.73 Å². The van der Waals surface area contributed by atoms with Gasteiger partial charge < -0.3 is 5.73 Å². The first kappa shape index (κ1) is 14.8. The first-order chi connectivity index (χ1) is 10.2. The third kappa shape index (κ3) is 3.37. The Kier molecular flexibility index (Phi) is 4.43. The summed E-state index contributed by atoms with van der Waals surface area (Å²) in [5.74, 6) is 0. The Balaban J connectivity index is 1.92. The smallest absolute Gasteiger partial charge is 0.0505 e. The molecule has 1 heterocycles. The highest BCUT2D eigenvalue weighted by Crippen LogP contribution is 2.38. The summed E-state index contributed by atoms with van der Waals surface area (Å²) in [6.07, 6.45) is 2.61. The predicted octanol–water partition coefficient (Wildman–Crippen LogP) is 4.11. The van der Waals surface area contributed by atoms with Gasteiger partial charge in [-0.15, -0.1) is 0 Å². The van der Waals surface area contributed by atoms with Crippen molar-refractivity contribution in [3.63, 3.8) is 0 Å². The lowest BCUT2D eigenvalue weighted by atomic mass is 9.94. The zero-order valence-corrected chi connectivity index (χ0v) is 13.6. The monoisotopic (exact) mass is 300 g/mol. The van der Waals surface area contributed by atoms with Crippen LogP contribution >= 0.6 is 11.3 Å². The summed E-state index contributed by atoms with van der Waals surface area (Å²) in [5.41, 5.74) is 10.5. The van der Waals surface area contributed by atoms with E-state index in [1.165, 1.54) is 29.5 Å². The lowest BCUT2D eigenvalue weighted by molar-refractivity contribution is 0.157. The van der Waals surface area contributed by atoms with Crippen LogP contribution in [0.15, 0.2) is 41.1 Å². The third-order valence-corrected chi connectivity index (χ3v) is 5.06. The molecule has 2 aromatic rings. The summed E-state index contributed by atoms with van der Waals surface area (Å²) in [6.45, 7) is 5.34. The van der Waals surface area contributed by atoms with E-state index >= 15 is 0 Å². The van der Waals surface area contributed by atoms with Crippen molar-refractivity contribution in [2.45, 2.75) is 51.4 Å². The fourth-order valence-corrected chi connectivity index (χ4v) is 3.80. The summed E-state index contributed by atoms with van der Waals surface area (Å²) in [4.78, 5) is 2.62. The zero-order valence-electron chi connectivity index (χ0n) is 12.8. The minimum absolute atomic E-state index is 0.130. The lowest BCUT2D eigenvalue weighted by Crippen LogP contribution is -2.40. The van der Waals surface area contributed by atoms with Gasteiger partial charge in [-0.2, -0.15) is 11.3 Å². The van der Waals surface area contributed by atoms with Crippen LogP contribution in [-0.4, -0.2) is 17.0 Å². The molecule has 21 heavy (non-hydrogen) atoms. The van der Waals surface area contributed by atoms with Crippen LogP contribution in [0.2, 0.25) is 0 Å². The molecule has 0 bridgehead atoms. The number of nitrogens with two attached hydrogens (primary N) is 1. The van der Waals surface area contributed by atoms with Crippen molar-refractivity contribution in [3.05, 3.63) is 57.8 Å². The molecule has 0 spiro atoms. The minimum atomic E-state index is 0.130. The first-order valence-corrected chi connectivity index (χ1v) is 8.69. The maximum atomic E-state index is 6.39. The van der Waals surface area contributed by atoms with Crippen LogP contribution in [0.25, 0.3) is 0 Å². The van der Waals surface area contributed by atoms with E-state index < -0.39 is 0 Å². The van der Waals surface area contributed by atoms with Crippen LogP contribution in [0.5, 0.6) is 0 Å². The number of hydrogen-bond donors (Lipinski definition) is 1. The van der Waals surface area contributed by atoms with Gasteiger partial charge in [-0.1, -0.05) is 24.3 Å². The Morgan fingerprint density at radius 1 is 1.29 bits per heavy atom. The van der Waals surface area contributed by atoms with Crippen molar-refractivity contribution in [1.82, 2.24) is 4.90 Å². The zero-order chi connectivity index (χ0) is 14.8. The molecule has 3 rings (SSSR count). The third-order valence-electron chi connectivity index (χ3n) is 4.32.